The highest BCUT2D eigenvalue weighted by Gasteiger charge is 2.09. The zero-order chi connectivity index (χ0) is 13.7. The molecule has 4 nitrogen and oxygen atoms in total. The normalized spacial score (nSPS) is 10.7. The van der Waals surface area contributed by atoms with E-state index in [2.05, 4.69) is 33.2 Å². The predicted octanol–water partition coefficient (Wildman–Crippen LogP) is 3.87. The molecule has 0 aliphatic rings. The molecule has 0 aliphatic carbocycles. The number of benzene rings is 1. The molecule has 1 aromatic heterocycles. The van der Waals surface area contributed by atoms with Crippen LogP contribution < -0.4 is 10.1 Å². The first-order valence-corrected chi connectivity index (χ1v) is 6.76. The molecular formula is C13H14BrFN2O2. The van der Waals surface area contributed by atoms with Crippen LogP contribution in [0.5, 0.6) is 11.8 Å². The van der Waals surface area contributed by atoms with Gasteiger partial charge in [-0.15, -0.1) is 0 Å². The molecule has 0 unspecified atom stereocenters. The van der Waals surface area contributed by atoms with E-state index in [1.54, 1.807) is 6.07 Å². The Bertz CT molecular complexity index is 545. The fourth-order valence-corrected chi connectivity index (χ4v) is 1.79. The van der Waals surface area contributed by atoms with Crippen LogP contribution in [0.1, 0.15) is 19.0 Å². The number of rotatable bonds is 6. The van der Waals surface area contributed by atoms with E-state index >= 15 is 0 Å². The van der Waals surface area contributed by atoms with Crippen molar-refractivity contribution in [3.63, 3.8) is 0 Å². The molecule has 0 bridgehead atoms. The third-order valence-corrected chi connectivity index (χ3v) is 3.01. The summed E-state index contributed by atoms with van der Waals surface area (Å²) in [6.45, 7) is 3.62. The van der Waals surface area contributed by atoms with Crippen molar-refractivity contribution in [1.82, 2.24) is 10.3 Å². The zero-order valence-corrected chi connectivity index (χ0v) is 12.0. The maximum absolute atomic E-state index is 13.1. The Kier molecular flexibility index (Phi) is 4.93. The van der Waals surface area contributed by atoms with E-state index in [4.69, 9.17) is 9.15 Å². The van der Waals surface area contributed by atoms with Gasteiger partial charge in [0, 0.05) is 12.6 Å². The lowest BCUT2D eigenvalue weighted by Gasteiger charge is -2.03. The van der Waals surface area contributed by atoms with Gasteiger partial charge in [0.2, 0.25) is 0 Å². The zero-order valence-electron chi connectivity index (χ0n) is 10.5. The van der Waals surface area contributed by atoms with Gasteiger partial charge in [-0.2, -0.15) is 4.98 Å². The lowest BCUT2D eigenvalue weighted by atomic mass is 10.3. The van der Waals surface area contributed by atoms with Crippen LogP contribution in [0.25, 0.3) is 0 Å². The average molecular weight is 329 g/mol. The van der Waals surface area contributed by atoms with E-state index in [1.807, 2.05) is 0 Å². The quantitative estimate of drug-likeness (QED) is 0.818. The predicted molar refractivity (Wildman–Crippen MR) is 72.7 cm³/mol. The third kappa shape index (κ3) is 4.04. The summed E-state index contributed by atoms with van der Waals surface area (Å²) in [7, 11) is 0. The van der Waals surface area contributed by atoms with Crippen molar-refractivity contribution in [2.24, 2.45) is 0 Å². The first-order chi connectivity index (χ1) is 9.19. The third-order valence-electron chi connectivity index (χ3n) is 2.35. The lowest BCUT2D eigenvalue weighted by Crippen LogP contribution is -2.13. The van der Waals surface area contributed by atoms with Crippen molar-refractivity contribution in [2.45, 2.75) is 19.9 Å². The molecule has 6 heteroatoms. The molecule has 2 rings (SSSR count). The highest BCUT2D eigenvalue weighted by Crippen LogP contribution is 2.29. The van der Waals surface area contributed by atoms with E-state index in [-0.39, 0.29) is 11.9 Å². The van der Waals surface area contributed by atoms with Crippen molar-refractivity contribution >= 4 is 15.9 Å². The van der Waals surface area contributed by atoms with Crippen LogP contribution in [0.3, 0.4) is 0 Å². The van der Waals surface area contributed by atoms with E-state index in [0.717, 1.165) is 18.7 Å². The molecule has 0 fully saturated rings. The number of nitrogens with one attached hydrogen (secondary N) is 1. The monoisotopic (exact) mass is 328 g/mol. The van der Waals surface area contributed by atoms with Crippen LogP contribution in [0.15, 0.2) is 33.4 Å². The van der Waals surface area contributed by atoms with Crippen LogP contribution >= 0.6 is 15.9 Å². The Morgan fingerprint density at radius 3 is 3.11 bits per heavy atom. The minimum Gasteiger partial charge on any atom is -0.417 e. The molecule has 1 heterocycles. The van der Waals surface area contributed by atoms with Gasteiger partial charge in [-0.05, 0) is 41.0 Å². The summed E-state index contributed by atoms with van der Waals surface area (Å²) in [5.74, 6) is -0.0514. The van der Waals surface area contributed by atoms with Crippen LogP contribution in [0.2, 0.25) is 0 Å². The highest BCUT2D eigenvalue weighted by molar-refractivity contribution is 9.10. The van der Waals surface area contributed by atoms with Crippen LogP contribution in [0.4, 0.5) is 4.39 Å². The number of aromatic nitrogens is 1. The molecule has 1 aromatic carbocycles. The molecule has 0 radical (unpaired) electrons. The molecule has 2 aromatic rings. The van der Waals surface area contributed by atoms with Gasteiger partial charge in [-0.25, -0.2) is 4.39 Å². The molecule has 0 saturated carbocycles. The van der Waals surface area contributed by atoms with Crippen LogP contribution in [-0.2, 0) is 6.54 Å². The summed E-state index contributed by atoms with van der Waals surface area (Å²) < 4.78 is 24.3. The van der Waals surface area contributed by atoms with Crippen molar-refractivity contribution in [2.75, 3.05) is 6.54 Å². The van der Waals surface area contributed by atoms with Crippen LogP contribution in [-0.4, -0.2) is 11.5 Å². The number of nitrogens with zero attached hydrogens (tertiary/aromatic N) is 1. The van der Waals surface area contributed by atoms with Gasteiger partial charge in [-0.3, -0.25) is 0 Å². The van der Waals surface area contributed by atoms with Crippen molar-refractivity contribution in [1.29, 1.82) is 0 Å². The second kappa shape index (κ2) is 6.68. The number of ether oxygens (including phenoxy) is 1. The topological polar surface area (TPSA) is 47.3 Å². The maximum Gasteiger partial charge on any atom is 0.399 e. The summed E-state index contributed by atoms with van der Waals surface area (Å²) in [5, 5.41) is 3.20. The van der Waals surface area contributed by atoms with Crippen molar-refractivity contribution in [3.05, 3.63) is 40.4 Å². The molecule has 102 valence electrons. The second-order valence-electron chi connectivity index (χ2n) is 3.96. The molecule has 0 aliphatic heterocycles. The first-order valence-electron chi connectivity index (χ1n) is 5.97. The minimum atomic E-state index is -0.380. The molecule has 0 atom stereocenters. The Morgan fingerprint density at radius 2 is 2.32 bits per heavy atom. The fraction of sp³-hybridized carbons (Fsp3) is 0.308. The van der Waals surface area contributed by atoms with Gasteiger partial charge in [-0.1, -0.05) is 6.92 Å². The van der Waals surface area contributed by atoms with Crippen LogP contribution in [0, 0.1) is 5.82 Å². The van der Waals surface area contributed by atoms with E-state index in [9.17, 15) is 4.39 Å². The second-order valence-corrected chi connectivity index (χ2v) is 4.81. The highest BCUT2D eigenvalue weighted by atomic mass is 79.9. The Labute approximate surface area is 119 Å². The summed E-state index contributed by atoms with van der Waals surface area (Å²) >= 11 is 3.27. The Balaban J connectivity index is 2.01. The minimum absolute atomic E-state index is 0.0969. The Hall–Kier alpha value is -1.40. The molecule has 1 N–H and O–H groups in total. The Morgan fingerprint density at radius 1 is 1.47 bits per heavy atom. The van der Waals surface area contributed by atoms with E-state index in [1.165, 1.54) is 18.4 Å². The fourth-order valence-electron chi connectivity index (χ4n) is 1.46. The molecule has 0 spiro atoms. The number of halogens is 2. The van der Waals surface area contributed by atoms with Gasteiger partial charge in [0.05, 0.1) is 10.2 Å². The van der Waals surface area contributed by atoms with Gasteiger partial charge in [0.1, 0.15) is 17.8 Å². The lowest BCUT2D eigenvalue weighted by molar-refractivity contribution is 0.328. The molecule has 0 amide bonds. The van der Waals surface area contributed by atoms with Gasteiger partial charge >= 0.3 is 6.08 Å². The van der Waals surface area contributed by atoms with Gasteiger partial charge in [0.25, 0.3) is 0 Å². The molecule has 0 saturated heterocycles. The first kappa shape index (κ1) is 14.0. The largest absolute Gasteiger partial charge is 0.417 e. The van der Waals surface area contributed by atoms with Crippen molar-refractivity contribution in [3.8, 4) is 11.8 Å². The number of hydrogen-bond acceptors (Lipinski definition) is 4. The smallest absolute Gasteiger partial charge is 0.399 e. The summed E-state index contributed by atoms with van der Waals surface area (Å²) in [4.78, 5) is 4.15. The van der Waals surface area contributed by atoms with Gasteiger partial charge in [0.15, 0.2) is 0 Å². The average Bonchev–Trinajstić information content (AvgIpc) is 2.82. The summed E-state index contributed by atoms with van der Waals surface area (Å²) in [5.41, 5.74) is 0.746. The molecule has 19 heavy (non-hydrogen) atoms. The number of hydrogen-bond donors (Lipinski definition) is 1. The number of oxazole rings is 1. The summed E-state index contributed by atoms with van der Waals surface area (Å²) in [6, 6.07) is 4.17. The van der Waals surface area contributed by atoms with Gasteiger partial charge < -0.3 is 14.5 Å². The standard InChI is InChI=1S/C13H14BrFN2O2/c1-2-5-16-7-10-8-18-13(17-10)19-12-6-9(15)3-4-11(12)14/h3-4,6,8,16H,2,5,7H2,1H3. The maximum atomic E-state index is 13.1. The van der Waals surface area contributed by atoms with E-state index < -0.39 is 0 Å². The van der Waals surface area contributed by atoms with Crippen molar-refractivity contribution < 1.29 is 13.5 Å². The molecular weight excluding hydrogens is 315 g/mol. The SMILES string of the molecule is CCCNCc1coc(Oc2cc(F)ccc2Br)n1. The summed E-state index contributed by atoms with van der Waals surface area (Å²) in [6.07, 6.45) is 2.67. The van der Waals surface area contributed by atoms with E-state index in [0.29, 0.717) is 16.8 Å².